The van der Waals surface area contributed by atoms with Crippen molar-refractivity contribution in [3.05, 3.63) is 0 Å². The number of hydrogen-bond acceptors (Lipinski definition) is 3. The van der Waals surface area contributed by atoms with Crippen molar-refractivity contribution in [1.82, 2.24) is 0 Å². The number of fused-ring (bicyclic) bond motifs is 2. The molecular formula is C10H18O3. The molecule has 3 heteroatoms. The van der Waals surface area contributed by atoms with E-state index in [0.29, 0.717) is 0 Å². The van der Waals surface area contributed by atoms with E-state index in [4.69, 9.17) is 4.74 Å². The molecule has 0 amide bonds. The minimum atomic E-state index is -0.310. The van der Waals surface area contributed by atoms with Crippen LogP contribution < -0.4 is 0 Å². The zero-order chi connectivity index (χ0) is 9.26. The summed E-state index contributed by atoms with van der Waals surface area (Å²) in [5.41, 5.74) is 0. The Labute approximate surface area is 78.7 Å². The zero-order valence-electron chi connectivity index (χ0n) is 7.85. The van der Waals surface area contributed by atoms with Gasteiger partial charge in [-0.15, -0.1) is 0 Å². The average molecular weight is 186 g/mol. The standard InChI is InChI=1S/C10H18O3/c11-7-3-1-2-4-9-8(12)5-6-10(7)13-9/h7-12H,1-6H2. The summed E-state index contributed by atoms with van der Waals surface area (Å²) >= 11 is 0. The predicted molar refractivity (Wildman–Crippen MR) is 48.4 cm³/mol. The van der Waals surface area contributed by atoms with E-state index in [1.165, 1.54) is 0 Å². The quantitative estimate of drug-likeness (QED) is 0.589. The topological polar surface area (TPSA) is 49.7 Å². The molecule has 0 aliphatic carbocycles. The van der Waals surface area contributed by atoms with Gasteiger partial charge in [-0.1, -0.05) is 12.8 Å². The molecule has 76 valence electrons. The van der Waals surface area contributed by atoms with Crippen molar-refractivity contribution in [3.8, 4) is 0 Å². The van der Waals surface area contributed by atoms with Crippen LogP contribution >= 0.6 is 0 Å². The number of ether oxygens (including phenoxy) is 1. The average Bonchev–Trinajstić information content (AvgIpc) is 2.12. The Hall–Kier alpha value is -0.120. The third kappa shape index (κ3) is 2.03. The summed E-state index contributed by atoms with van der Waals surface area (Å²) in [6.07, 6.45) is 4.86. The first-order valence-corrected chi connectivity index (χ1v) is 5.29. The first-order valence-electron chi connectivity index (χ1n) is 5.29. The Morgan fingerprint density at radius 2 is 1.38 bits per heavy atom. The molecule has 0 spiro atoms. The molecule has 4 unspecified atom stereocenters. The van der Waals surface area contributed by atoms with Crippen LogP contribution in [0.2, 0.25) is 0 Å². The van der Waals surface area contributed by atoms with Crippen molar-refractivity contribution < 1.29 is 14.9 Å². The number of aliphatic hydroxyl groups is 2. The normalized spacial score (nSPS) is 46.6. The lowest BCUT2D eigenvalue weighted by Gasteiger charge is -2.38. The van der Waals surface area contributed by atoms with Gasteiger partial charge in [0.2, 0.25) is 0 Å². The van der Waals surface area contributed by atoms with Crippen molar-refractivity contribution in [2.75, 3.05) is 0 Å². The van der Waals surface area contributed by atoms with Crippen LogP contribution in [0.1, 0.15) is 38.5 Å². The van der Waals surface area contributed by atoms with Gasteiger partial charge in [0.15, 0.2) is 0 Å². The van der Waals surface area contributed by atoms with Gasteiger partial charge in [0.05, 0.1) is 24.4 Å². The van der Waals surface area contributed by atoms with Crippen LogP contribution in [0.15, 0.2) is 0 Å². The van der Waals surface area contributed by atoms with Crippen molar-refractivity contribution in [1.29, 1.82) is 0 Å². The molecule has 2 aliphatic rings. The maximum Gasteiger partial charge on any atom is 0.0840 e. The Morgan fingerprint density at radius 1 is 0.769 bits per heavy atom. The van der Waals surface area contributed by atoms with Gasteiger partial charge in [-0.3, -0.25) is 0 Å². The molecule has 3 nitrogen and oxygen atoms in total. The fourth-order valence-corrected chi connectivity index (χ4v) is 2.33. The largest absolute Gasteiger partial charge is 0.390 e. The summed E-state index contributed by atoms with van der Waals surface area (Å²) in [4.78, 5) is 0. The highest BCUT2D eigenvalue weighted by Crippen LogP contribution is 2.29. The molecule has 2 heterocycles. The molecule has 0 aromatic heterocycles. The number of rotatable bonds is 0. The van der Waals surface area contributed by atoms with Crippen LogP contribution in [0.4, 0.5) is 0 Å². The summed E-state index contributed by atoms with van der Waals surface area (Å²) in [5, 5.41) is 19.3. The second-order valence-electron chi connectivity index (χ2n) is 4.21. The SMILES string of the molecule is OC1CCC2OC1CCCCC2O. The van der Waals surface area contributed by atoms with Gasteiger partial charge in [0.1, 0.15) is 0 Å². The molecule has 0 aromatic carbocycles. The lowest BCUT2D eigenvalue weighted by molar-refractivity contribution is -0.161. The number of hydrogen-bond donors (Lipinski definition) is 2. The van der Waals surface area contributed by atoms with Gasteiger partial charge in [-0.05, 0) is 25.7 Å². The highest BCUT2D eigenvalue weighted by Gasteiger charge is 2.34. The van der Waals surface area contributed by atoms with E-state index in [9.17, 15) is 10.2 Å². The smallest absolute Gasteiger partial charge is 0.0840 e. The molecule has 2 aliphatic heterocycles. The van der Waals surface area contributed by atoms with Crippen LogP contribution in [0.3, 0.4) is 0 Å². The third-order valence-corrected chi connectivity index (χ3v) is 3.19. The summed E-state index contributed by atoms with van der Waals surface area (Å²) in [5.74, 6) is 0. The first-order chi connectivity index (χ1) is 6.27. The van der Waals surface area contributed by atoms with Gasteiger partial charge in [0.25, 0.3) is 0 Å². The van der Waals surface area contributed by atoms with Crippen LogP contribution in [0.25, 0.3) is 0 Å². The van der Waals surface area contributed by atoms with Crippen LogP contribution in [0, 0.1) is 0 Å². The Kier molecular flexibility index (Phi) is 2.86. The Bertz CT molecular complexity index is 170. The maximum absolute atomic E-state index is 9.71. The van der Waals surface area contributed by atoms with E-state index in [1.807, 2.05) is 0 Å². The lowest BCUT2D eigenvalue weighted by Crippen LogP contribution is -2.44. The molecule has 0 aromatic rings. The monoisotopic (exact) mass is 186 g/mol. The molecule has 4 atom stereocenters. The summed E-state index contributed by atoms with van der Waals surface area (Å²) in [7, 11) is 0. The summed E-state index contributed by atoms with van der Waals surface area (Å²) < 4.78 is 5.65. The van der Waals surface area contributed by atoms with E-state index < -0.39 is 0 Å². The second-order valence-corrected chi connectivity index (χ2v) is 4.21. The minimum Gasteiger partial charge on any atom is -0.390 e. The predicted octanol–water partition coefficient (Wildman–Crippen LogP) is 0.830. The third-order valence-electron chi connectivity index (χ3n) is 3.19. The first kappa shape index (κ1) is 9.44. The van der Waals surface area contributed by atoms with Crippen LogP contribution in [0.5, 0.6) is 0 Å². The van der Waals surface area contributed by atoms with Gasteiger partial charge < -0.3 is 14.9 Å². The molecule has 0 radical (unpaired) electrons. The molecule has 2 rings (SSSR count). The van der Waals surface area contributed by atoms with Gasteiger partial charge in [-0.25, -0.2) is 0 Å². The van der Waals surface area contributed by atoms with Crippen molar-refractivity contribution in [2.45, 2.75) is 62.9 Å². The second kappa shape index (κ2) is 3.95. The fraction of sp³-hybridized carbons (Fsp3) is 1.00. The van der Waals surface area contributed by atoms with E-state index >= 15 is 0 Å². The fourth-order valence-electron chi connectivity index (χ4n) is 2.33. The van der Waals surface area contributed by atoms with E-state index in [-0.39, 0.29) is 24.4 Å². The van der Waals surface area contributed by atoms with E-state index in [2.05, 4.69) is 0 Å². The molecular weight excluding hydrogens is 168 g/mol. The van der Waals surface area contributed by atoms with Crippen molar-refractivity contribution in [2.24, 2.45) is 0 Å². The number of aliphatic hydroxyl groups excluding tert-OH is 2. The van der Waals surface area contributed by atoms with E-state index in [1.54, 1.807) is 0 Å². The van der Waals surface area contributed by atoms with Crippen molar-refractivity contribution in [3.63, 3.8) is 0 Å². The zero-order valence-corrected chi connectivity index (χ0v) is 7.85. The van der Waals surface area contributed by atoms with Crippen molar-refractivity contribution >= 4 is 0 Å². The van der Waals surface area contributed by atoms with Crippen LogP contribution in [-0.2, 0) is 4.74 Å². The lowest BCUT2D eigenvalue weighted by atomic mass is 9.90. The molecule has 0 saturated carbocycles. The van der Waals surface area contributed by atoms with Gasteiger partial charge in [0, 0.05) is 0 Å². The Balaban J connectivity index is 2.01. The Morgan fingerprint density at radius 3 is 2.23 bits per heavy atom. The molecule has 2 fully saturated rings. The maximum atomic E-state index is 9.71. The van der Waals surface area contributed by atoms with Crippen LogP contribution in [-0.4, -0.2) is 34.6 Å². The van der Waals surface area contributed by atoms with Gasteiger partial charge in [-0.2, -0.15) is 0 Å². The summed E-state index contributed by atoms with van der Waals surface area (Å²) in [6.45, 7) is 0. The molecule has 2 saturated heterocycles. The van der Waals surface area contributed by atoms with Gasteiger partial charge >= 0.3 is 0 Å². The highest BCUT2D eigenvalue weighted by molar-refractivity contribution is 4.84. The molecule has 13 heavy (non-hydrogen) atoms. The molecule has 2 N–H and O–H groups in total. The highest BCUT2D eigenvalue weighted by atomic mass is 16.5. The minimum absolute atomic E-state index is 0.0197. The molecule has 2 bridgehead atoms. The van der Waals surface area contributed by atoms with E-state index in [0.717, 1.165) is 38.5 Å². The summed E-state index contributed by atoms with van der Waals surface area (Å²) in [6, 6.07) is 0.